The van der Waals surface area contributed by atoms with Crippen molar-refractivity contribution < 1.29 is 9.59 Å². The molecule has 2 amide bonds. The summed E-state index contributed by atoms with van der Waals surface area (Å²) in [5.41, 5.74) is 0.790. The zero-order chi connectivity index (χ0) is 14.8. The Bertz CT molecular complexity index is 494. The minimum atomic E-state index is -0.447. The lowest BCUT2D eigenvalue weighted by Crippen LogP contribution is -2.62. The molecule has 1 aliphatic rings. The first-order chi connectivity index (χ1) is 9.38. The molecule has 5 heteroatoms. The van der Waals surface area contributed by atoms with Gasteiger partial charge in [-0.3, -0.25) is 14.6 Å². The number of rotatable bonds is 3. The van der Waals surface area contributed by atoms with Gasteiger partial charge in [0.25, 0.3) is 0 Å². The van der Waals surface area contributed by atoms with Crippen molar-refractivity contribution in [1.82, 2.24) is 15.2 Å². The molecule has 0 bridgehead atoms. The molecule has 1 fully saturated rings. The number of pyridine rings is 1. The second-order valence-electron chi connectivity index (χ2n) is 6.24. The number of carbonyl (C=O) groups excluding carboxylic acids is 2. The topological polar surface area (TPSA) is 62.3 Å². The smallest absolute Gasteiger partial charge is 0.246 e. The van der Waals surface area contributed by atoms with Crippen LogP contribution >= 0.6 is 0 Å². The Kier molecular flexibility index (Phi) is 4.06. The van der Waals surface area contributed by atoms with Crippen molar-refractivity contribution in [2.75, 3.05) is 13.1 Å². The Hall–Kier alpha value is -1.91. The zero-order valence-electron chi connectivity index (χ0n) is 12.2. The summed E-state index contributed by atoms with van der Waals surface area (Å²) >= 11 is 0. The summed E-state index contributed by atoms with van der Waals surface area (Å²) in [5, 5.41) is 2.79. The molecule has 1 N–H and O–H groups in total. The maximum atomic E-state index is 12.4. The van der Waals surface area contributed by atoms with Gasteiger partial charge >= 0.3 is 0 Å². The van der Waals surface area contributed by atoms with Crippen molar-refractivity contribution in [3.8, 4) is 0 Å². The van der Waals surface area contributed by atoms with Crippen molar-refractivity contribution >= 4 is 11.8 Å². The molecule has 1 aliphatic heterocycles. The van der Waals surface area contributed by atoms with E-state index in [-0.39, 0.29) is 23.8 Å². The highest BCUT2D eigenvalue weighted by molar-refractivity contribution is 5.95. The van der Waals surface area contributed by atoms with Crippen LogP contribution in [-0.2, 0) is 16.0 Å². The first kappa shape index (κ1) is 14.5. The number of nitrogens with zero attached hydrogens (tertiary/aromatic N) is 2. The van der Waals surface area contributed by atoms with Crippen LogP contribution in [0.15, 0.2) is 24.5 Å². The molecule has 2 rings (SSSR count). The van der Waals surface area contributed by atoms with Crippen molar-refractivity contribution in [2.45, 2.75) is 33.2 Å². The van der Waals surface area contributed by atoms with Gasteiger partial charge in [0.1, 0.15) is 6.04 Å². The van der Waals surface area contributed by atoms with Gasteiger partial charge in [0.05, 0.1) is 6.54 Å². The molecule has 0 spiro atoms. The number of piperazine rings is 1. The quantitative estimate of drug-likeness (QED) is 0.895. The van der Waals surface area contributed by atoms with E-state index < -0.39 is 6.04 Å². The maximum Gasteiger partial charge on any atom is 0.246 e. The SMILES string of the molecule is CC(C)(C)C1NC(=O)CN(CCc2cccnc2)C1=O. The molecule has 20 heavy (non-hydrogen) atoms. The molecular weight excluding hydrogens is 254 g/mol. The van der Waals surface area contributed by atoms with Gasteiger partial charge in [0, 0.05) is 18.9 Å². The molecule has 1 atom stereocenters. The molecule has 0 aromatic carbocycles. The third-order valence-corrected chi connectivity index (χ3v) is 3.46. The van der Waals surface area contributed by atoms with Crippen LogP contribution in [-0.4, -0.2) is 40.8 Å². The fraction of sp³-hybridized carbons (Fsp3) is 0.533. The van der Waals surface area contributed by atoms with E-state index in [2.05, 4.69) is 10.3 Å². The predicted molar refractivity (Wildman–Crippen MR) is 75.9 cm³/mol. The van der Waals surface area contributed by atoms with Crippen LogP contribution in [0.5, 0.6) is 0 Å². The Balaban J connectivity index is 2.03. The standard InChI is InChI=1S/C15H21N3O2/c1-15(2,3)13-14(20)18(10-12(19)17-13)8-6-11-5-4-7-16-9-11/h4-5,7,9,13H,6,8,10H2,1-3H3,(H,17,19). The van der Waals surface area contributed by atoms with Crippen molar-refractivity contribution in [2.24, 2.45) is 5.41 Å². The van der Waals surface area contributed by atoms with E-state index in [4.69, 9.17) is 0 Å². The zero-order valence-corrected chi connectivity index (χ0v) is 12.2. The minimum absolute atomic E-state index is 0.000917. The monoisotopic (exact) mass is 275 g/mol. The first-order valence-electron chi connectivity index (χ1n) is 6.85. The normalized spacial score (nSPS) is 19.9. The van der Waals surface area contributed by atoms with E-state index in [0.29, 0.717) is 13.0 Å². The van der Waals surface area contributed by atoms with Gasteiger partial charge in [-0.1, -0.05) is 26.8 Å². The average molecular weight is 275 g/mol. The van der Waals surface area contributed by atoms with Crippen LogP contribution in [0, 0.1) is 5.41 Å². The average Bonchev–Trinajstić information content (AvgIpc) is 2.39. The van der Waals surface area contributed by atoms with Crippen LogP contribution in [0.3, 0.4) is 0 Å². The molecular formula is C15H21N3O2. The van der Waals surface area contributed by atoms with Crippen LogP contribution in [0.2, 0.25) is 0 Å². The van der Waals surface area contributed by atoms with Gasteiger partial charge in [0.2, 0.25) is 11.8 Å². The van der Waals surface area contributed by atoms with E-state index in [1.54, 1.807) is 17.3 Å². The lowest BCUT2D eigenvalue weighted by Gasteiger charge is -2.38. The van der Waals surface area contributed by atoms with E-state index in [0.717, 1.165) is 5.56 Å². The second-order valence-corrected chi connectivity index (χ2v) is 6.24. The lowest BCUT2D eigenvalue weighted by atomic mass is 9.84. The van der Waals surface area contributed by atoms with Crippen molar-refractivity contribution in [3.05, 3.63) is 30.1 Å². The van der Waals surface area contributed by atoms with Crippen LogP contribution in [0.25, 0.3) is 0 Å². The summed E-state index contributed by atoms with van der Waals surface area (Å²) in [6.45, 7) is 6.57. The van der Waals surface area contributed by atoms with Gasteiger partial charge in [-0.15, -0.1) is 0 Å². The molecule has 1 unspecified atom stereocenters. The largest absolute Gasteiger partial charge is 0.342 e. The van der Waals surface area contributed by atoms with Gasteiger partial charge in [-0.2, -0.15) is 0 Å². The Morgan fingerprint density at radius 2 is 2.15 bits per heavy atom. The first-order valence-corrected chi connectivity index (χ1v) is 6.85. The summed E-state index contributed by atoms with van der Waals surface area (Å²) in [7, 11) is 0. The molecule has 0 saturated carbocycles. The summed E-state index contributed by atoms with van der Waals surface area (Å²) in [5.74, 6) is -0.0864. The third-order valence-electron chi connectivity index (χ3n) is 3.46. The molecule has 1 aromatic heterocycles. The highest BCUT2D eigenvalue weighted by Crippen LogP contribution is 2.23. The Morgan fingerprint density at radius 1 is 1.40 bits per heavy atom. The second kappa shape index (κ2) is 5.61. The molecule has 108 valence electrons. The minimum Gasteiger partial charge on any atom is -0.342 e. The number of nitrogens with one attached hydrogen (secondary N) is 1. The van der Waals surface area contributed by atoms with E-state index in [1.807, 2.05) is 32.9 Å². The number of amides is 2. The fourth-order valence-electron chi connectivity index (χ4n) is 2.29. The van der Waals surface area contributed by atoms with Gasteiger partial charge in [-0.25, -0.2) is 0 Å². The number of carbonyl (C=O) groups is 2. The van der Waals surface area contributed by atoms with Gasteiger partial charge in [0.15, 0.2) is 0 Å². The van der Waals surface area contributed by atoms with E-state index >= 15 is 0 Å². The Morgan fingerprint density at radius 3 is 2.75 bits per heavy atom. The maximum absolute atomic E-state index is 12.4. The molecule has 1 aromatic rings. The number of hydrogen-bond donors (Lipinski definition) is 1. The van der Waals surface area contributed by atoms with E-state index in [9.17, 15) is 9.59 Å². The van der Waals surface area contributed by atoms with Crippen molar-refractivity contribution in [1.29, 1.82) is 0 Å². The lowest BCUT2D eigenvalue weighted by molar-refractivity contribution is -0.147. The summed E-state index contributed by atoms with van der Waals surface area (Å²) < 4.78 is 0. The molecule has 0 radical (unpaired) electrons. The molecule has 1 saturated heterocycles. The number of aromatic nitrogens is 1. The fourth-order valence-corrected chi connectivity index (χ4v) is 2.29. The summed E-state index contributed by atoms with van der Waals surface area (Å²) in [6.07, 6.45) is 4.22. The highest BCUT2D eigenvalue weighted by atomic mass is 16.2. The highest BCUT2D eigenvalue weighted by Gasteiger charge is 2.39. The van der Waals surface area contributed by atoms with Gasteiger partial charge in [-0.05, 0) is 23.5 Å². The summed E-state index contributed by atoms with van der Waals surface area (Å²) in [4.78, 5) is 29.9. The van der Waals surface area contributed by atoms with Gasteiger partial charge < -0.3 is 10.2 Å². The van der Waals surface area contributed by atoms with E-state index in [1.165, 1.54) is 0 Å². The molecule has 5 nitrogen and oxygen atoms in total. The predicted octanol–water partition coefficient (Wildman–Crippen LogP) is 0.997. The van der Waals surface area contributed by atoms with Crippen molar-refractivity contribution in [3.63, 3.8) is 0 Å². The molecule has 2 heterocycles. The number of hydrogen-bond acceptors (Lipinski definition) is 3. The molecule has 0 aliphatic carbocycles. The van der Waals surface area contributed by atoms with Crippen LogP contribution in [0.4, 0.5) is 0 Å². The Labute approximate surface area is 119 Å². The van der Waals surface area contributed by atoms with Crippen LogP contribution < -0.4 is 5.32 Å². The third kappa shape index (κ3) is 3.35. The van der Waals surface area contributed by atoms with Crippen LogP contribution in [0.1, 0.15) is 26.3 Å². The summed E-state index contributed by atoms with van der Waals surface area (Å²) in [6, 6.07) is 3.40.